The van der Waals surface area contributed by atoms with Gasteiger partial charge in [-0.2, -0.15) is 5.10 Å². The average Bonchev–Trinajstić information content (AvgIpc) is 2.94. The molecule has 0 bridgehead atoms. The number of nitrogens with zero attached hydrogens (tertiary/aromatic N) is 3. The van der Waals surface area contributed by atoms with Crippen molar-refractivity contribution in [2.45, 2.75) is 33.1 Å². The molecule has 1 saturated heterocycles. The highest BCUT2D eigenvalue weighted by Crippen LogP contribution is 2.11. The van der Waals surface area contributed by atoms with Gasteiger partial charge in [0.2, 0.25) is 5.90 Å². The first-order chi connectivity index (χ1) is 17.8. The molecule has 2 aromatic carbocycles. The lowest BCUT2D eigenvalue weighted by Crippen LogP contribution is -2.37. The van der Waals surface area contributed by atoms with Gasteiger partial charge in [0.1, 0.15) is 5.75 Å². The van der Waals surface area contributed by atoms with Crippen LogP contribution in [-0.4, -0.2) is 75.1 Å². The van der Waals surface area contributed by atoms with Gasteiger partial charge in [0.05, 0.1) is 32.4 Å². The topological polar surface area (TPSA) is 70.5 Å². The van der Waals surface area contributed by atoms with Crippen LogP contribution in [0.1, 0.15) is 38.7 Å². The van der Waals surface area contributed by atoms with Crippen LogP contribution in [0.4, 0.5) is 5.69 Å². The Morgan fingerprint density at radius 1 is 1.03 bits per heavy atom. The van der Waals surface area contributed by atoms with Gasteiger partial charge in [0.25, 0.3) is 0 Å². The summed E-state index contributed by atoms with van der Waals surface area (Å²) in [4.78, 5) is 2.54. The minimum Gasteiger partial charge on any atom is -0.493 e. The molecule has 0 spiro atoms. The van der Waals surface area contributed by atoms with Crippen LogP contribution in [0.2, 0.25) is 0 Å². The summed E-state index contributed by atoms with van der Waals surface area (Å²) in [5, 5.41) is 15.2. The SMILES string of the molecule is CC.CO/C(CSCCOc1ccccc1)=N\N=C\c1ccc(NCNCCN2CCCCC2)cc1. The molecule has 7 nitrogen and oxygen atoms in total. The first-order valence-corrected chi connectivity index (χ1v) is 14.2. The zero-order valence-corrected chi connectivity index (χ0v) is 22.9. The molecule has 36 heavy (non-hydrogen) atoms. The van der Waals surface area contributed by atoms with Crippen LogP contribution in [-0.2, 0) is 4.74 Å². The number of hydrogen-bond donors (Lipinski definition) is 2. The molecule has 1 aliphatic rings. The number of likely N-dealkylation sites (tertiary alicyclic amines) is 1. The summed E-state index contributed by atoms with van der Waals surface area (Å²) in [6, 6.07) is 18.0. The lowest BCUT2D eigenvalue weighted by Gasteiger charge is -2.26. The number of benzene rings is 2. The molecule has 0 saturated carbocycles. The van der Waals surface area contributed by atoms with E-state index in [9.17, 15) is 0 Å². The van der Waals surface area contributed by atoms with E-state index >= 15 is 0 Å². The number of thioether (sulfide) groups is 1. The molecule has 0 unspecified atom stereocenters. The highest BCUT2D eigenvalue weighted by molar-refractivity contribution is 7.99. The van der Waals surface area contributed by atoms with Crippen molar-refractivity contribution < 1.29 is 9.47 Å². The van der Waals surface area contributed by atoms with Crippen LogP contribution in [0.3, 0.4) is 0 Å². The van der Waals surface area contributed by atoms with E-state index in [0.717, 1.165) is 42.5 Å². The van der Waals surface area contributed by atoms with Crippen LogP contribution in [0, 0.1) is 0 Å². The van der Waals surface area contributed by atoms with Gasteiger partial charge in [-0.05, 0) is 55.8 Å². The Morgan fingerprint density at radius 2 is 1.78 bits per heavy atom. The minimum atomic E-state index is 0.592. The molecule has 0 radical (unpaired) electrons. The van der Waals surface area contributed by atoms with Gasteiger partial charge >= 0.3 is 0 Å². The van der Waals surface area contributed by atoms with E-state index in [1.807, 2.05) is 56.3 Å². The Labute approximate surface area is 221 Å². The van der Waals surface area contributed by atoms with E-state index in [1.54, 1.807) is 25.1 Å². The fraction of sp³-hybridized carbons (Fsp3) is 0.500. The van der Waals surface area contributed by atoms with Crippen molar-refractivity contribution in [1.29, 1.82) is 0 Å². The first kappa shape index (κ1) is 29.7. The van der Waals surface area contributed by atoms with Crippen LogP contribution in [0.15, 0.2) is 64.8 Å². The molecule has 1 fully saturated rings. The summed E-state index contributed by atoms with van der Waals surface area (Å²) in [6.45, 7) is 10.0. The molecular weight excluding hydrogens is 470 g/mol. The van der Waals surface area contributed by atoms with Crippen molar-refractivity contribution in [3.05, 3.63) is 60.2 Å². The molecule has 3 rings (SSSR count). The third-order valence-corrected chi connectivity index (χ3v) is 6.36. The van der Waals surface area contributed by atoms with Crippen molar-refractivity contribution in [2.24, 2.45) is 10.2 Å². The average molecular weight is 514 g/mol. The fourth-order valence-electron chi connectivity index (χ4n) is 3.54. The minimum absolute atomic E-state index is 0.592. The Morgan fingerprint density at radius 3 is 2.50 bits per heavy atom. The molecule has 0 atom stereocenters. The Hall–Kier alpha value is -2.55. The van der Waals surface area contributed by atoms with E-state index < -0.39 is 0 Å². The Kier molecular flexibility index (Phi) is 16.2. The predicted molar refractivity (Wildman–Crippen MR) is 156 cm³/mol. The van der Waals surface area contributed by atoms with Gasteiger partial charge in [-0.1, -0.05) is 50.6 Å². The second kappa shape index (κ2) is 19.6. The van der Waals surface area contributed by atoms with E-state index in [0.29, 0.717) is 18.3 Å². The van der Waals surface area contributed by atoms with Crippen molar-refractivity contribution in [3.63, 3.8) is 0 Å². The van der Waals surface area contributed by atoms with Gasteiger partial charge in [0.15, 0.2) is 0 Å². The van der Waals surface area contributed by atoms with Crippen molar-refractivity contribution in [3.8, 4) is 5.75 Å². The fourth-order valence-corrected chi connectivity index (χ4v) is 4.24. The van der Waals surface area contributed by atoms with Gasteiger partial charge in [0, 0.05) is 24.5 Å². The van der Waals surface area contributed by atoms with E-state index in [4.69, 9.17) is 9.47 Å². The second-order valence-electron chi connectivity index (χ2n) is 8.03. The maximum atomic E-state index is 5.69. The summed E-state index contributed by atoms with van der Waals surface area (Å²) in [7, 11) is 1.62. The lowest BCUT2D eigenvalue weighted by molar-refractivity contribution is 0.230. The normalized spacial score (nSPS) is 14.2. The maximum absolute atomic E-state index is 5.69. The molecule has 8 heteroatoms. The lowest BCUT2D eigenvalue weighted by atomic mass is 10.1. The van der Waals surface area contributed by atoms with Gasteiger partial charge in [-0.3, -0.25) is 5.32 Å². The molecule has 0 aliphatic carbocycles. The van der Waals surface area contributed by atoms with Gasteiger partial charge in [-0.25, -0.2) is 0 Å². The maximum Gasteiger partial charge on any atom is 0.218 e. The van der Waals surface area contributed by atoms with E-state index in [2.05, 4.69) is 37.9 Å². The van der Waals surface area contributed by atoms with Crippen molar-refractivity contribution in [1.82, 2.24) is 10.2 Å². The number of hydrogen-bond acceptors (Lipinski definition) is 8. The number of rotatable bonds is 14. The molecule has 0 aromatic heterocycles. The molecular formula is C28H43N5O2S. The van der Waals surface area contributed by atoms with Crippen LogP contribution < -0.4 is 15.4 Å². The van der Waals surface area contributed by atoms with E-state index in [-0.39, 0.29) is 0 Å². The summed E-state index contributed by atoms with van der Waals surface area (Å²) < 4.78 is 11.0. The quantitative estimate of drug-likeness (QED) is 0.117. The predicted octanol–water partition coefficient (Wildman–Crippen LogP) is 5.35. The smallest absolute Gasteiger partial charge is 0.218 e. The van der Waals surface area contributed by atoms with Gasteiger partial charge in [-0.15, -0.1) is 16.9 Å². The highest BCUT2D eigenvalue weighted by Gasteiger charge is 2.08. The Balaban J connectivity index is 0.00000222. The second-order valence-corrected chi connectivity index (χ2v) is 9.14. The summed E-state index contributed by atoms with van der Waals surface area (Å²) in [5.74, 6) is 2.98. The third kappa shape index (κ3) is 13.0. The van der Waals surface area contributed by atoms with Crippen LogP contribution in [0.25, 0.3) is 0 Å². The highest BCUT2D eigenvalue weighted by atomic mass is 32.2. The number of nitrogens with one attached hydrogen (secondary N) is 2. The number of ether oxygens (including phenoxy) is 2. The van der Waals surface area contributed by atoms with Gasteiger partial charge < -0.3 is 19.7 Å². The first-order valence-electron chi connectivity index (χ1n) is 13.0. The molecule has 2 aromatic rings. The number of methoxy groups -OCH3 is 1. The number of para-hydroxylation sites is 1. The number of anilines is 1. The Bertz CT molecular complexity index is 856. The zero-order valence-electron chi connectivity index (χ0n) is 22.1. The summed E-state index contributed by atoms with van der Waals surface area (Å²) in [6.07, 6.45) is 5.81. The number of piperidine rings is 1. The van der Waals surface area contributed by atoms with E-state index in [1.165, 1.54) is 32.4 Å². The summed E-state index contributed by atoms with van der Waals surface area (Å²) in [5.41, 5.74) is 2.07. The summed E-state index contributed by atoms with van der Waals surface area (Å²) >= 11 is 1.70. The van der Waals surface area contributed by atoms with Crippen molar-refractivity contribution >= 4 is 29.6 Å². The molecule has 0 amide bonds. The molecule has 1 heterocycles. The molecule has 198 valence electrons. The monoisotopic (exact) mass is 513 g/mol. The standard InChI is InChI=1S/C26H37N5O2S.C2H6/c1-32-26(21-34-19-18-33-25-8-4-2-5-9-25)30-29-20-23-10-12-24(13-11-23)28-22-27-14-17-31-15-6-3-7-16-31;1-2/h2,4-5,8-13,20,27-28H,3,6-7,14-19,21-22H2,1H3;1-2H3/b29-20+,30-26-;. The zero-order chi connectivity index (χ0) is 25.7. The van der Waals surface area contributed by atoms with Crippen LogP contribution >= 0.6 is 11.8 Å². The third-order valence-electron chi connectivity index (χ3n) is 5.46. The molecule has 1 aliphatic heterocycles. The largest absolute Gasteiger partial charge is 0.493 e. The van der Waals surface area contributed by atoms with Crippen molar-refractivity contribution in [2.75, 3.05) is 63.4 Å². The molecule has 2 N–H and O–H groups in total. The van der Waals surface area contributed by atoms with Crippen LogP contribution in [0.5, 0.6) is 5.75 Å².